The molecule has 3 nitrogen and oxygen atoms in total. The highest BCUT2D eigenvalue weighted by Crippen LogP contribution is 2.38. The molecular formula is C16H24N2OS. The molecule has 1 N–H and O–H groups in total. The Balaban J connectivity index is 1.87. The van der Waals surface area contributed by atoms with Crippen molar-refractivity contribution < 1.29 is 4.74 Å². The summed E-state index contributed by atoms with van der Waals surface area (Å²) in [6.07, 6.45) is 5.11. The van der Waals surface area contributed by atoms with Gasteiger partial charge in [-0.1, -0.05) is 31.0 Å². The predicted octanol–water partition coefficient (Wildman–Crippen LogP) is 3.65. The lowest BCUT2D eigenvalue weighted by atomic mass is 9.92. The van der Waals surface area contributed by atoms with Gasteiger partial charge < -0.3 is 10.1 Å². The Morgan fingerprint density at radius 2 is 2.10 bits per heavy atom. The average Bonchev–Trinajstić information content (AvgIpc) is 2.49. The fraction of sp³-hybridized carbons (Fsp3) is 0.625. The van der Waals surface area contributed by atoms with Crippen molar-refractivity contribution in [3.8, 4) is 0 Å². The topological polar surface area (TPSA) is 24.5 Å². The maximum absolute atomic E-state index is 6.08. The van der Waals surface area contributed by atoms with Gasteiger partial charge in [0.1, 0.15) is 6.23 Å². The molecule has 1 aliphatic carbocycles. The lowest BCUT2D eigenvalue weighted by Crippen LogP contribution is -2.50. The summed E-state index contributed by atoms with van der Waals surface area (Å²) in [7, 11) is 0. The highest BCUT2D eigenvalue weighted by atomic mass is 32.1. The first-order valence-corrected chi connectivity index (χ1v) is 8.21. The molecule has 3 unspecified atom stereocenters. The first-order valence-electron chi connectivity index (χ1n) is 7.69. The second kappa shape index (κ2) is 6.37. The van der Waals surface area contributed by atoms with Crippen LogP contribution in [0.2, 0.25) is 0 Å². The van der Waals surface area contributed by atoms with Gasteiger partial charge in [-0.05, 0) is 25.8 Å². The van der Waals surface area contributed by atoms with Gasteiger partial charge >= 0.3 is 0 Å². The Labute approximate surface area is 127 Å². The van der Waals surface area contributed by atoms with E-state index in [-0.39, 0.29) is 6.23 Å². The van der Waals surface area contributed by atoms with Crippen molar-refractivity contribution in [3.63, 3.8) is 0 Å². The summed E-state index contributed by atoms with van der Waals surface area (Å²) >= 11 is 4.82. The maximum atomic E-state index is 6.08. The minimum absolute atomic E-state index is 0.0650. The van der Waals surface area contributed by atoms with Gasteiger partial charge in [-0.25, -0.2) is 0 Å². The molecule has 0 spiro atoms. The number of hydrogen-bond donors (Lipinski definition) is 2. The van der Waals surface area contributed by atoms with Crippen molar-refractivity contribution in [2.45, 2.75) is 50.1 Å². The number of nitrogens with zero attached hydrogens (tertiary/aromatic N) is 1. The van der Waals surface area contributed by atoms with Crippen molar-refractivity contribution in [2.24, 2.45) is 0 Å². The standard InChI is InChI=1S/C16H24N2OS/c1-2-19-16-12-7-3-4-8-13(12)17-11-18(16)14-9-5-6-10-15(14)20/h3-4,7-8,14-17,20H,2,5-6,9-11H2,1H3. The molecule has 1 fully saturated rings. The van der Waals surface area contributed by atoms with Gasteiger partial charge in [0.2, 0.25) is 0 Å². The number of thiol groups is 1. The summed E-state index contributed by atoms with van der Waals surface area (Å²) in [6, 6.07) is 8.98. The molecule has 20 heavy (non-hydrogen) atoms. The Hall–Kier alpha value is -0.710. The molecule has 0 amide bonds. The van der Waals surface area contributed by atoms with Crippen LogP contribution in [0, 0.1) is 0 Å². The van der Waals surface area contributed by atoms with Crippen molar-refractivity contribution >= 4 is 18.3 Å². The first kappa shape index (κ1) is 14.2. The van der Waals surface area contributed by atoms with Crippen LogP contribution in [0.15, 0.2) is 24.3 Å². The van der Waals surface area contributed by atoms with Crippen LogP contribution in [0.25, 0.3) is 0 Å². The van der Waals surface area contributed by atoms with Crippen LogP contribution in [-0.4, -0.2) is 29.5 Å². The highest BCUT2D eigenvalue weighted by molar-refractivity contribution is 7.81. The van der Waals surface area contributed by atoms with Crippen LogP contribution < -0.4 is 5.32 Å². The van der Waals surface area contributed by atoms with Crippen molar-refractivity contribution in [2.75, 3.05) is 18.6 Å². The zero-order valence-electron chi connectivity index (χ0n) is 12.1. The predicted molar refractivity (Wildman–Crippen MR) is 86.2 cm³/mol. The van der Waals surface area contributed by atoms with E-state index in [4.69, 9.17) is 17.4 Å². The molecule has 0 saturated heterocycles. The normalized spacial score (nSPS) is 30.6. The molecule has 0 aromatic heterocycles. The van der Waals surface area contributed by atoms with Crippen LogP contribution in [0.5, 0.6) is 0 Å². The molecule has 1 aromatic rings. The Morgan fingerprint density at radius 1 is 1.30 bits per heavy atom. The van der Waals surface area contributed by atoms with Gasteiger partial charge in [-0.15, -0.1) is 0 Å². The van der Waals surface area contributed by atoms with Gasteiger partial charge in [-0.2, -0.15) is 12.6 Å². The van der Waals surface area contributed by atoms with Crippen LogP contribution in [0.4, 0.5) is 5.69 Å². The Morgan fingerprint density at radius 3 is 2.90 bits per heavy atom. The molecule has 3 atom stereocenters. The fourth-order valence-electron chi connectivity index (χ4n) is 3.42. The summed E-state index contributed by atoms with van der Waals surface area (Å²) in [6.45, 7) is 3.66. The second-order valence-corrected chi connectivity index (χ2v) is 6.33. The number of rotatable bonds is 3. The van der Waals surface area contributed by atoms with Crippen molar-refractivity contribution in [3.05, 3.63) is 29.8 Å². The third-order valence-corrected chi connectivity index (χ3v) is 5.03. The summed E-state index contributed by atoms with van der Waals surface area (Å²) in [5.41, 5.74) is 2.46. The van der Waals surface area contributed by atoms with E-state index in [9.17, 15) is 0 Å². The number of fused-ring (bicyclic) bond motifs is 1. The van der Waals surface area contributed by atoms with Crippen LogP contribution in [0.3, 0.4) is 0 Å². The molecule has 2 aliphatic rings. The van der Waals surface area contributed by atoms with Crippen molar-refractivity contribution in [1.29, 1.82) is 0 Å². The van der Waals surface area contributed by atoms with Gasteiger partial charge in [0.25, 0.3) is 0 Å². The smallest absolute Gasteiger partial charge is 0.140 e. The minimum atomic E-state index is 0.0650. The van der Waals surface area contributed by atoms with E-state index in [1.165, 1.54) is 36.9 Å². The fourth-order valence-corrected chi connectivity index (χ4v) is 3.93. The lowest BCUT2D eigenvalue weighted by molar-refractivity contribution is -0.0827. The largest absolute Gasteiger partial charge is 0.372 e. The minimum Gasteiger partial charge on any atom is -0.372 e. The summed E-state index contributed by atoms with van der Waals surface area (Å²) in [4.78, 5) is 2.46. The third-order valence-electron chi connectivity index (χ3n) is 4.42. The van der Waals surface area contributed by atoms with E-state index in [0.717, 1.165) is 13.3 Å². The zero-order chi connectivity index (χ0) is 13.9. The Kier molecular flexibility index (Phi) is 4.54. The molecule has 0 radical (unpaired) electrons. The van der Waals surface area contributed by atoms with E-state index in [1.54, 1.807) is 0 Å². The van der Waals surface area contributed by atoms with E-state index in [2.05, 4.69) is 41.4 Å². The first-order chi connectivity index (χ1) is 9.81. The summed E-state index contributed by atoms with van der Waals surface area (Å²) < 4.78 is 6.08. The molecule has 1 saturated carbocycles. The van der Waals surface area contributed by atoms with E-state index in [0.29, 0.717) is 11.3 Å². The molecule has 1 aliphatic heterocycles. The van der Waals surface area contributed by atoms with E-state index in [1.807, 2.05) is 0 Å². The lowest BCUT2D eigenvalue weighted by Gasteiger charge is -2.45. The number of ether oxygens (including phenoxy) is 1. The SMILES string of the molecule is CCOC1c2ccccc2NCN1C1CCCCC1S. The Bertz CT molecular complexity index is 454. The molecule has 1 heterocycles. The number of nitrogens with one attached hydrogen (secondary N) is 1. The van der Waals surface area contributed by atoms with Gasteiger partial charge in [-0.3, -0.25) is 4.90 Å². The molecule has 110 valence electrons. The van der Waals surface area contributed by atoms with Crippen LogP contribution >= 0.6 is 12.6 Å². The quantitative estimate of drug-likeness (QED) is 0.832. The summed E-state index contributed by atoms with van der Waals surface area (Å²) in [5, 5.41) is 3.99. The van der Waals surface area contributed by atoms with Crippen LogP contribution in [0.1, 0.15) is 44.4 Å². The van der Waals surface area contributed by atoms with Gasteiger partial charge in [0.05, 0.1) is 6.67 Å². The van der Waals surface area contributed by atoms with Crippen LogP contribution in [-0.2, 0) is 4.74 Å². The van der Waals surface area contributed by atoms with Gasteiger partial charge in [0, 0.05) is 29.1 Å². The van der Waals surface area contributed by atoms with Crippen molar-refractivity contribution in [1.82, 2.24) is 4.90 Å². The number of hydrogen-bond acceptors (Lipinski definition) is 4. The molecule has 4 heteroatoms. The molecular weight excluding hydrogens is 268 g/mol. The number of anilines is 1. The third kappa shape index (κ3) is 2.69. The van der Waals surface area contributed by atoms with Gasteiger partial charge in [0.15, 0.2) is 0 Å². The average molecular weight is 292 g/mol. The monoisotopic (exact) mass is 292 g/mol. The zero-order valence-corrected chi connectivity index (χ0v) is 13.0. The summed E-state index contributed by atoms with van der Waals surface area (Å²) in [5.74, 6) is 0. The highest BCUT2D eigenvalue weighted by Gasteiger charge is 2.36. The molecule has 3 rings (SSSR count). The van der Waals surface area contributed by atoms with E-state index < -0.39 is 0 Å². The molecule has 0 bridgehead atoms. The number of benzene rings is 1. The number of para-hydroxylation sites is 1. The second-order valence-electron chi connectivity index (χ2n) is 5.66. The maximum Gasteiger partial charge on any atom is 0.140 e. The van der Waals surface area contributed by atoms with E-state index >= 15 is 0 Å². The molecule has 1 aromatic carbocycles.